The first-order valence-electron chi connectivity index (χ1n) is 6.84. The van der Waals surface area contributed by atoms with Gasteiger partial charge in [0.25, 0.3) is 0 Å². The van der Waals surface area contributed by atoms with E-state index >= 15 is 0 Å². The number of ether oxygens (including phenoxy) is 1. The Morgan fingerprint density at radius 1 is 1.36 bits per heavy atom. The first kappa shape index (κ1) is 17.0. The van der Waals surface area contributed by atoms with Crippen LogP contribution in [0.2, 0.25) is 10.0 Å². The number of rotatable bonds is 4. The number of primary amides is 1. The molecule has 0 radical (unpaired) electrons. The summed E-state index contributed by atoms with van der Waals surface area (Å²) in [6.07, 6.45) is 0.0829. The molecule has 1 aromatic rings. The molecule has 1 fully saturated rings. The van der Waals surface area contributed by atoms with E-state index in [4.69, 9.17) is 33.7 Å². The molecule has 0 spiro atoms. The number of hydrogen-bond donors (Lipinski definition) is 2. The molecule has 1 aromatic carbocycles. The van der Waals surface area contributed by atoms with Gasteiger partial charge in [0.15, 0.2) is 0 Å². The normalized spacial score (nSPS) is 18.9. The van der Waals surface area contributed by atoms with E-state index in [9.17, 15) is 9.59 Å². The first-order chi connectivity index (χ1) is 10.5. The van der Waals surface area contributed by atoms with E-state index in [1.54, 1.807) is 12.1 Å². The van der Waals surface area contributed by atoms with Gasteiger partial charge in [-0.1, -0.05) is 29.3 Å². The van der Waals surface area contributed by atoms with E-state index in [2.05, 4.69) is 4.90 Å². The molecule has 120 valence electrons. The quantitative estimate of drug-likeness (QED) is 0.873. The lowest BCUT2D eigenvalue weighted by molar-refractivity contribution is -0.120. The Balaban J connectivity index is 1.90. The smallest absolute Gasteiger partial charge is 0.318 e. The van der Waals surface area contributed by atoms with Gasteiger partial charge in [-0.25, -0.2) is 4.79 Å². The molecule has 2 rings (SSSR count). The van der Waals surface area contributed by atoms with Crippen LogP contribution < -0.4 is 11.1 Å². The van der Waals surface area contributed by atoms with Crippen molar-refractivity contribution in [1.82, 2.24) is 10.2 Å². The molecule has 3 amide bonds. The van der Waals surface area contributed by atoms with Gasteiger partial charge in [0, 0.05) is 26.1 Å². The van der Waals surface area contributed by atoms with E-state index < -0.39 is 6.03 Å². The third-order valence-corrected chi connectivity index (χ3v) is 4.12. The van der Waals surface area contributed by atoms with Crippen molar-refractivity contribution in [1.29, 1.82) is 0 Å². The molecule has 1 unspecified atom stereocenters. The first-order valence-corrected chi connectivity index (χ1v) is 7.59. The summed E-state index contributed by atoms with van der Waals surface area (Å²) in [5.41, 5.74) is 5.84. The minimum atomic E-state index is -0.833. The van der Waals surface area contributed by atoms with Crippen LogP contribution in [0.15, 0.2) is 18.2 Å². The third-order valence-electron chi connectivity index (χ3n) is 3.38. The highest BCUT2D eigenvalue weighted by molar-refractivity contribution is 6.42. The standard InChI is InChI=1S/C14H17Cl2N3O3/c15-10-2-1-9(7-11(10)16)12-8-19(5-6-22-12)4-3-13(20)18-14(17)21/h1-2,7,12H,3-6,8H2,(H3,17,18,20,21). The number of nitrogens with one attached hydrogen (secondary N) is 1. The zero-order valence-electron chi connectivity index (χ0n) is 11.9. The maximum absolute atomic E-state index is 11.4. The number of imide groups is 1. The van der Waals surface area contributed by atoms with Crippen LogP contribution in [-0.4, -0.2) is 43.1 Å². The van der Waals surface area contributed by atoms with Crippen LogP contribution in [0.3, 0.4) is 0 Å². The van der Waals surface area contributed by atoms with E-state index in [1.165, 1.54) is 0 Å². The van der Waals surface area contributed by atoms with Crippen molar-refractivity contribution >= 4 is 35.1 Å². The minimum Gasteiger partial charge on any atom is -0.371 e. The van der Waals surface area contributed by atoms with Gasteiger partial charge in [-0.3, -0.25) is 15.0 Å². The topological polar surface area (TPSA) is 84.7 Å². The van der Waals surface area contributed by atoms with Crippen LogP contribution >= 0.6 is 23.2 Å². The van der Waals surface area contributed by atoms with Crippen molar-refractivity contribution in [2.24, 2.45) is 5.73 Å². The lowest BCUT2D eigenvalue weighted by Crippen LogP contribution is -2.41. The molecule has 6 nitrogen and oxygen atoms in total. The summed E-state index contributed by atoms with van der Waals surface area (Å²) in [5.74, 6) is -0.384. The predicted molar refractivity (Wildman–Crippen MR) is 83.9 cm³/mol. The van der Waals surface area contributed by atoms with Crippen molar-refractivity contribution < 1.29 is 14.3 Å². The van der Waals surface area contributed by atoms with Crippen molar-refractivity contribution in [3.63, 3.8) is 0 Å². The molecule has 0 saturated carbocycles. The highest BCUT2D eigenvalue weighted by Crippen LogP contribution is 2.29. The Bertz CT molecular complexity index is 568. The zero-order chi connectivity index (χ0) is 16.1. The summed E-state index contributed by atoms with van der Waals surface area (Å²) in [5, 5.41) is 3.04. The fraction of sp³-hybridized carbons (Fsp3) is 0.429. The summed E-state index contributed by atoms with van der Waals surface area (Å²) in [6.45, 7) is 2.45. The van der Waals surface area contributed by atoms with Crippen molar-refractivity contribution in [2.75, 3.05) is 26.2 Å². The maximum atomic E-state index is 11.4. The van der Waals surface area contributed by atoms with Crippen molar-refractivity contribution in [2.45, 2.75) is 12.5 Å². The number of benzene rings is 1. The van der Waals surface area contributed by atoms with Gasteiger partial charge in [0.2, 0.25) is 5.91 Å². The molecule has 1 atom stereocenters. The Kier molecular flexibility index (Phi) is 6.02. The number of carbonyl (C=O) groups is 2. The fourth-order valence-corrected chi connectivity index (χ4v) is 2.59. The van der Waals surface area contributed by atoms with E-state index in [0.717, 1.165) is 12.1 Å². The largest absolute Gasteiger partial charge is 0.371 e. The molecular weight excluding hydrogens is 329 g/mol. The number of morpholine rings is 1. The molecule has 0 bridgehead atoms. The van der Waals surface area contributed by atoms with Gasteiger partial charge < -0.3 is 10.5 Å². The van der Waals surface area contributed by atoms with Gasteiger partial charge in [-0.15, -0.1) is 0 Å². The molecule has 8 heteroatoms. The monoisotopic (exact) mass is 345 g/mol. The summed E-state index contributed by atoms with van der Waals surface area (Å²) in [4.78, 5) is 24.1. The Hall–Kier alpha value is -1.34. The number of carbonyl (C=O) groups excluding carboxylic acids is 2. The number of hydrogen-bond acceptors (Lipinski definition) is 4. The molecule has 3 N–H and O–H groups in total. The fourth-order valence-electron chi connectivity index (χ4n) is 2.28. The Morgan fingerprint density at radius 3 is 2.82 bits per heavy atom. The van der Waals surface area contributed by atoms with Crippen LogP contribution in [0, 0.1) is 0 Å². The zero-order valence-corrected chi connectivity index (χ0v) is 13.4. The van der Waals surface area contributed by atoms with Crippen LogP contribution in [-0.2, 0) is 9.53 Å². The summed E-state index contributed by atoms with van der Waals surface area (Å²) in [7, 11) is 0. The van der Waals surface area contributed by atoms with Crippen molar-refractivity contribution in [3.05, 3.63) is 33.8 Å². The lowest BCUT2D eigenvalue weighted by Gasteiger charge is -2.33. The number of urea groups is 1. The van der Waals surface area contributed by atoms with Crippen LogP contribution in [0.25, 0.3) is 0 Å². The van der Waals surface area contributed by atoms with Gasteiger partial charge in [0.1, 0.15) is 0 Å². The summed E-state index contributed by atoms with van der Waals surface area (Å²) in [6, 6.07) is 4.57. The highest BCUT2D eigenvalue weighted by Gasteiger charge is 2.23. The lowest BCUT2D eigenvalue weighted by atomic mass is 10.1. The molecule has 1 saturated heterocycles. The van der Waals surface area contributed by atoms with Crippen LogP contribution in [0.1, 0.15) is 18.1 Å². The van der Waals surface area contributed by atoms with E-state index in [0.29, 0.717) is 29.7 Å². The van der Waals surface area contributed by atoms with E-state index in [-0.39, 0.29) is 18.4 Å². The van der Waals surface area contributed by atoms with Gasteiger partial charge in [0.05, 0.1) is 22.8 Å². The molecular formula is C14H17Cl2N3O3. The molecule has 1 heterocycles. The predicted octanol–water partition coefficient (Wildman–Crippen LogP) is 1.95. The van der Waals surface area contributed by atoms with E-state index in [1.807, 2.05) is 11.4 Å². The number of nitrogens with two attached hydrogens (primary N) is 1. The number of halogens is 2. The molecule has 1 aliphatic heterocycles. The number of amides is 3. The molecule has 0 aromatic heterocycles. The SMILES string of the molecule is NC(=O)NC(=O)CCN1CCOC(c2ccc(Cl)c(Cl)c2)C1. The summed E-state index contributed by atoms with van der Waals surface area (Å²) >= 11 is 11.9. The highest BCUT2D eigenvalue weighted by atomic mass is 35.5. The average Bonchev–Trinajstić information content (AvgIpc) is 2.47. The van der Waals surface area contributed by atoms with Crippen LogP contribution in [0.5, 0.6) is 0 Å². The van der Waals surface area contributed by atoms with Crippen LogP contribution in [0.4, 0.5) is 4.79 Å². The van der Waals surface area contributed by atoms with Crippen molar-refractivity contribution in [3.8, 4) is 0 Å². The van der Waals surface area contributed by atoms with Gasteiger partial charge >= 0.3 is 6.03 Å². The molecule has 0 aliphatic carbocycles. The average molecular weight is 346 g/mol. The minimum absolute atomic E-state index is 0.122. The second-order valence-corrected chi connectivity index (χ2v) is 5.81. The second kappa shape index (κ2) is 7.78. The summed E-state index contributed by atoms with van der Waals surface area (Å²) < 4.78 is 5.74. The molecule has 1 aliphatic rings. The van der Waals surface area contributed by atoms with Gasteiger partial charge in [-0.05, 0) is 17.7 Å². The Labute approximate surface area is 138 Å². The number of nitrogens with zero attached hydrogens (tertiary/aromatic N) is 1. The van der Waals surface area contributed by atoms with Gasteiger partial charge in [-0.2, -0.15) is 0 Å². The third kappa shape index (κ3) is 4.84. The molecule has 22 heavy (non-hydrogen) atoms. The Morgan fingerprint density at radius 2 is 2.14 bits per heavy atom. The second-order valence-electron chi connectivity index (χ2n) is 5.00. The maximum Gasteiger partial charge on any atom is 0.318 e.